The molecule has 16 heavy (non-hydrogen) atoms. The standard InChI is InChI=1S/C14H13NSe/c1-3-7-13-11(5-1)9-15-10-12-6-2-4-8-14(12)16-13/h1-8,15H,9-10H2. The number of hydrogen-bond acceptors (Lipinski definition) is 1. The van der Waals surface area contributed by atoms with Crippen LogP contribution in [-0.2, 0) is 13.1 Å². The van der Waals surface area contributed by atoms with Gasteiger partial charge in [-0.15, -0.1) is 0 Å². The molecule has 0 fully saturated rings. The third-order valence-corrected chi connectivity index (χ3v) is 5.39. The molecule has 0 unspecified atom stereocenters. The molecule has 0 spiro atoms. The Morgan fingerprint density at radius 2 is 1.25 bits per heavy atom. The number of nitrogens with one attached hydrogen (secondary N) is 1. The molecule has 2 aromatic carbocycles. The summed E-state index contributed by atoms with van der Waals surface area (Å²) >= 11 is 0.454. The van der Waals surface area contributed by atoms with Gasteiger partial charge in [0.2, 0.25) is 0 Å². The van der Waals surface area contributed by atoms with Crippen molar-refractivity contribution in [3.8, 4) is 0 Å². The Hall–Kier alpha value is -1.08. The summed E-state index contributed by atoms with van der Waals surface area (Å²) in [5.41, 5.74) is 2.91. The minimum absolute atomic E-state index is 0.454. The molecule has 80 valence electrons. The second-order valence-electron chi connectivity index (χ2n) is 3.92. The van der Waals surface area contributed by atoms with Gasteiger partial charge in [0.15, 0.2) is 0 Å². The van der Waals surface area contributed by atoms with Gasteiger partial charge in [0, 0.05) is 0 Å². The van der Waals surface area contributed by atoms with Crippen LogP contribution in [0.1, 0.15) is 11.1 Å². The zero-order valence-electron chi connectivity index (χ0n) is 8.94. The van der Waals surface area contributed by atoms with Crippen LogP contribution in [0.5, 0.6) is 0 Å². The SMILES string of the molecule is c1ccc2c(c1)CNCc1ccccc1[Se]2. The van der Waals surface area contributed by atoms with Crippen LogP contribution in [0.4, 0.5) is 0 Å². The number of benzene rings is 2. The maximum atomic E-state index is 3.51. The van der Waals surface area contributed by atoms with Gasteiger partial charge in [0.25, 0.3) is 0 Å². The summed E-state index contributed by atoms with van der Waals surface area (Å²) in [4.78, 5) is 0. The molecule has 0 bridgehead atoms. The molecule has 0 aliphatic carbocycles. The summed E-state index contributed by atoms with van der Waals surface area (Å²) in [5.74, 6) is 0. The van der Waals surface area contributed by atoms with Gasteiger partial charge in [-0.1, -0.05) is 0 Å². The molecule has 0 radical (unpaired) electrons. The second-order valence-corrected chi connectivity index (χ2v) is 6.19. The first-order chi connectivity index (χ1) is 7.93. The topological polar surface area (TPSA) is 12.0 Å². The molecule has 1 N–H and O–H groups in total. The van der Waals surface area contributed by atoms with Gasteiger partial charge in [0.05, 0.1) is 0 Å². The Balaban J connectivity index is 2.06. The normalized spacial score (nSPS) is 14.5. The Morgan fingerprint density at radius 3 is 1.81 bits per heavy atom. The van der Waals surface area contributed by atoms with E-state index in [0.717, 1.165) is 13.1 Å². The summed E-state index contributed by atoms with van der Waals surface area (Å²) in [7, 11) is 0. The van der Waals surface area contributed by atoms with Crippen molar-refractivity contribution in [2.45, 2.75) is 13.1 Å². The van der Waals surface area contributed by atoms with Crippen LogP contribution in [0.2, 0.25) is 0 Å². The Bertz CT molecular complexity index is 462. The van der Waals surface area contributed by atoms with E-state index in [1.807, 2.05) is 0 Å². The predicted molar refractivity (Wildman–Crippen MR) is 68.4 cm³/mol. The van der Waals surface area contributed by atoms with Crippen LogP contribution < -0.4 is 14.2 Å². The van der Waals surface area contributed by atoms with Gasteiger partial charge < -0.3 is 0 Å². The number of fused-ring (bicyclic) bond motifs is 2. The average Bonchev–Trinajstić information content (AvgIpc) is 2.29. The second kappa shape index (κ2) is 4.42. The van der Waals surface area contributed by atoms with E-state index in [2.05, 4.69) is 53.8 Å². The molecule has 1 aliphatic rings. The molecule has 0 saturated heterocycles. The number of hydrogen-bond donors (Lipinski definition) is 1. The van der Waals surface area contributed by atoms with Crippen LogP contribution in [0.25, 0.3) is 0 Å². The quantitative estimate of drug-likeness (QED) is 0.705. The van der Waals surface area contributed by atoms with E-state index in [9.17, 15) is 0 Å². The van der Waals surface area contributed by atoms with E-state index in [0.29, 0.717) is 15.0 Å². The molecule has 3 rings (SSSR count). The average molecular weight is 274 g/mol. The minimum atomic E-state index is 0.454. The summed E-state index contributed by atoms with van der Waals surface area (Å²) < 4.78 is 3.02. The third-order valence-electron chi connectivity index (χ3n) is 2.80. The molecule has 0 aromatic heterocycles. The number of rotatable bonds is 0. The third kappa shape index (κ3) is 1.92. The van der Waals surface area contributed by atoms with Crippen molar-refractivity contribution in [1.82, 2.24) is 5.32 Å². The fourth-order valence-corrected chi connectivity index (χ4v) is 4.20. The van der Waals surface area contributed by atoms with E-state index in [4.69, 9.17) is 0 Å². The summed E-state index contributed by atoms with van der Waals surface area (Å²) in [5, 5.41) is 3.51. The zero-order chi connectivity index (χ0) is 10.8. The van der Waals surface area contributed by atoms with Gasteiger partial charge >= 0.3 is 102 Å². The summed E-state index contributed by atoms with van der Waals surface area (Å²) in [6.45, 7) is 1.98. The molecule has 1 aliphatic heterocycles. The molecule has 0 amide bonds. The van der Waals surface area contributed by atoms with Gasteiger partial charge in [0.1, 0.15) is 0 Å². The fraction of sp³-hybridized carbons (Fsp3) is 0.143. The van der Waals surface area contributed by atoms with Gasteiger partial charge in [-0.3, -0.25) is 0 Å². The van der Waals surface area contributed by atoms with E-state index in [-0.39, 0.29) is 0 Å². The molecule has 0 saturated carbocycles. The van der Waals surface area contributed by atoms with Gasteiger partial charge in [-0.05, 0) is 0 Å². The first kappa shape index (κ1) is 10.1. The Kier molecular flexibility index (Phi) is 2.79. The van der Waals surface area contributed by atoms with E-state index < -0.39 is 0 Å². The Morgan fingerprint density at radius 1 is 0.750 bits per heavy atom. The van der Waals surface area contributed by atoms with Gasteiger partial charge in [-0.25, -0.2) is 0 Å². The molecule has 0 atom stereocenters. The summed E-state index contributed by atoms with van der Waals surface area (Å²) in [6, 6.07) is 17.5. The molecule has 2 aromatic rings. The molecule has 2 heteroatoms. The summed E-state index contributed by atoms with van der Waals surface area (Å²) in [6.07, 6.45) is 0. The molecule has 1 heterocycles. The maximum absolute atomic E-state index is 3.51. The Labute approximate surface area is 102 Å². The fourth-order valence-electron chi connectivity index (χ4n) is 1.95. The molecule has 1 nitrogen and oxygen atoms in total. The van der Waals surface area contributed by atoms with Crippen LogP contribution in [0, 0.1) is 0 Å². The first-order valence-electron chi connectivity index (χ1n) is 5.48. The van der Waals surface area contributed by atoms with E-state index >= 15 is 0 Å². The van der Waals surface area contributed by atoms with Crippen molar-refractivity contribution in [3.63, 3.8) is 0 Å². The first-order valence-corrected chi connectivity index (χ1v) is 7.19. The van der Waals surface area contributed by atoms with Crippen molar-refractivity contribution < 1.29 is 0 Å². The van der Waals surface area contributed by atoms with Crippen molar-refractivity contribution in [2.75, 3.05) is 0 Å². The monoisotopic (exact) mass is 275 g/mol. The predicted octanol–water partition coefficient (Wildman–Crippen LogP) is 0.945. The van der Waals surface area contributed by atoms with Crippen molar-refractivity contribution >= 4 is 23.9 Å². The van der Waals surface area contributed by atoms with E-state index in [1.165, 1.54) is 20.1 Å². The van der Waals surface area contributed by atoms with Crippen LogP contribution >= 0.6 is 0 Å². The van der Waals surface area contributed by atoms with Crippen LogP contribution in [0.3, 0.4) is 0 Å². The van der Waals surface area contributed by atoms with E-state index in [1.54, 1.807) is 0 Å². The van der Waals surface area contributed by atoms with Crippen molar-refractivity contribution in [1.29, 1.82) is 0 Å². The molecular formula is C14H13NSe. The van der Waals surface area contributed by atoms with Crippen molar-refractivity contribution in [3.05, 3.63) is 59.7 Å². The van der Waals surface area contributed by atoms with Crippen LogP contribution in [0.15, 0.2) is 48.5 Å². The van der Waals surface area contributed by atoms with Gasteiger partial charge in [-0.2, -0.15) is 0 Å². The zero-order valence-corrected chi connectivity index (χ0v) is 10.7. The molecular weight excluding hydrogens is 261 g/mol. The van der Waals surface area contributed by atoms with Crippen molar-refractivity contribution in [2.24, 2.45) is 0 Å². The van der Waals surface area contributed by atoms with Crippen LogP contribution in [-0.4, -0.2) is 15.0 Å².